The number of aliphatic hydroxyl groups is 1. The highest BCUT2D eigenvalue weighted by Crippen LogP contribution is 2.35. The molecule has 0 aromatic heterocycles. The van der Waals surface area contributed by atoms with Gasteiger partial charge in [0, 0.05) is 5.56 Å². The summed E-state index contributed by atoms with van der Waals surface area (Å²) in [6.07, 6.45) is 0. The Morgan fingerprint density at radius 2 is 1.73 bits per heavy atom. The van der Waals surface area contributed by atoms with Gasteiger partial charge in [-0.15, -0.1) is 0 Å². The van der Waals surface area contributed by atoms with Crippen molar-refractivity contribution in [2.75, 3.05) is 0 Å². The summed E-state index contributed by atoms with van der Waals surface area (Å²) in [7, 11) is 0. The summed E-state index contributed by atoms with van der Waals surface area (Å²) in [5.74, 6) is -2.20. The monoisotopic (exact) mass is 268 g/mol. The van der Waals surface area contributed by atoms with Crippen LogP contribution in [-0.2, 0) is 4.79 Å². The van der Waals surface area contributed by atoms with Gasteiger partial charge in [0.15, 0.2) is 0 Å². The molecule has 2 N–H and O–H groups in total. The molecule has 76 valence electrons. The summed E-state index contributed by atoms with van der Waals surface area (Å²) >= 11 is 2.81. The van der Waals surface area contributed by atoms with Gasteiger partial charge in [0.1, 0.15) is 16.0 Å². The number of carbonyl (C=O) groups excluding carboxylic acids is 2. The van der Waals surface area contributed by atoms with Crippen molar-refractivity contribution < 1.29 is 19.8 Å². The average molecular weight is 269 g/mol. The number of hydrogen-bond donors (Lipinski definition) is 2. The van der Waals surface area contributed by atoms with Crippen LogP contribution in [0.2, 0.25) is 0 Å². The minimum Gasteiger partial charge on any atom is -0.507 e. The highest BCUT2D eigenvalue weighted by molar-refractivity contribution is 9.12. The second-order valence-electron chi connectivity index (χ2n) is 3.02. The van der Waals surface area contributed by atoms with Crippen molar-refractivity contribution in [1.82, 2.24) is 0 Å². The van der Waals surface area contributed by atoms with Gasteiger partial charge in [-0.25, -0.2) is 0 Å². The molecule has 1 aromatic rings. The molecular formula is C10H5BrO4. The van der Waals surface area contributed by atoms with Crippen LogP contribution in [0, 0.1) is 0 Å². The Morgan fingerprint density at radius 3 is 2.40 bits per heavy atom. The van der Waals surface area contributed by atoms with Gasteiger partial charge in [0.2, 0.25) is 11.6 Å². The molecule has 0 radical (unpaired) electrons. The third-order valence-electron chi connectivity index (χ3n) is 2.14. The van der Waals surface area contributed by atoms with Gasteiger partial charge in [-0.2, -0.15) is 0 Å². The molecule has 0 heterocycles. The maximum atomic E-state index is 11.5. The smallest absolute Gasteiger partial charge is 0.244 e. The van der Waals surface area contributed by atoms with E-state index in [-0.39, 0.29) is 21.4 Å². The highest BCUT2D eigenvalue weighted by Gasteiger charge is 2.33. The first-order chi connectivity index (χ1) is 7.04. The maximum Gasteiger partial charge on any atom is 0.244 e. The zero-order valence-electron chi connectivity index (χ0n) is 7.32. The number of rotatable bonds is 0. The summed E-state index contributed by atoms with van der Waals surface area (Å²) in [5.41, 5.74) is 0.00896. The van der Waals surface area contributed by atoms with Crippen LogP contribution in [0.15, 0.2) is 22.7 Å². The fourth-order valence-corrected chi connectivity index (χ4v) is 1.80. The van der Waals surface area contributed by atoms with E-state index < -0.39 is 17.3 Å². The lowest BCUT2D eigenvalue weighted by atomic mass is 9.93. The van der Waals surface area contributed by atoms with E-state index in [1.165, 1.54) is 18.2 Å². The largest absolute Gasteiger partial charge is 0.507 e. The molecule has 15 heavy (non-hydrogen) atoms. The number of ketones is 2. The molecule has 0 atom stereocenters. The predicted molar refractivity (Wildman–Crippen MR) is 55.9 cm³/mol. The number of phenolic OH excluding ortho intramolecular Hbond substituents is 1. The summed E-state index contributed by atoms with van der Waals surface area (Å²) in [6.45, 7) is 0. The van der Waals surface area contributed by atoms with Crippen molar-refractivity contribution in [1.29, 1.82) is 0 Å². The van der Waals surface area contributed by atoms with Crippen molar-refractivity contribution in [3.63, 3.8) is 0 Å². The molecule has 0 aliphatic heterocycles. The number of aromatic hydroxyl groups is 1. The molecule has 0 unspecified atom stereocenters. The Morgan fingerprint density at radius 1 is 1.07 bits per heavy atom. The van der Waals surface area contributed by atoms with E-state index in [0.29, 0.717) is 0 Å². The van der Waals surface area contributed by atoms with Gasteiger partial charge in [0.25, 0.3) is 0 Å². The average Bonchev–Trinajstić information content (AvgIpc) is 2.23. The number of fused-ring (bicyclic) bond motifs is 1. The van der Waals surface area contributed by atoms with Crippen LogP contribution in [0.1, 0.15) is 15.9 Å². The molecule has 0 saturated heterocycles. The first-order valence-corrected chi connectivity index (χ1v) is 4.83. The van der Waals surface area contributed by atoms with E-state index in [9.17, 15) is 19.8 Å². The number of hydrogen-bond acceptors (Lipinski definition) is 4. The number of aliphatic hydroxyl groups excluding tert-OH is 1. The lowest BCUT2D eigenvalue weighted by Gasteiger charge is -2.15. The highest BCUT2D eigenvalue weighted by atomic mass is 79.9. The van der Waals surface area contributed by atoms with Crippen molar-refractivity contribution in [3.8, 4) is 5.75 Å². The molecule has 0 fully saturated rings. The molecular weight excluding hydrogens is 264 g/mol. The number of halogens is 1. The number of Topliss-reactive ketones (excluding diaryl/α,β-unsaturated/α-hetero) is 2. The van der Waals surface area contributed by atoms with Crippen molar-refractivity contribution in [2.45, 2.75) is 0 Å². The minimum atomic E-state index is -0.814. The van der Waals surface area contributed by atoms with E-state index >= 15 is 0 Å². The van der Waals surface area contributed by atoms with Crippen molar-refractivity contribution >= 4 is 33.3 Å². The summed E-state index contributed by atoms with van der Waals surface area (Å²) in [4.78, 5) is 22.8. The quantitative estimate of drug-likeness (QED) is 0.704. The van der Waals surface area contributed by atoms with Crippen LogP contribution in [0.4, 0.5) is 0 Å². The Kier molecular flexibility index (Phi) is 2.12. The predicted octanol–water partition coefficient (Wildman–Crippen LogP) is 1.78. The second kappa shape index (κ2) is 3.20. The number of phenols is 1. The topological polar surface area (TPSA) is 74.6 Å². The molecule has 1 aliphatic rings. The maximum absolute atomic E-state index is 11.5. The molecule has 0 amide bonds. The lowest BCUT2D eigenvalue weighted by Crippen LogP contribution is -2.21. The van der Waals surface area contributed by atoms with Crippen LogP contribution in [0.5, 0.6) is 5.75 Å². The van der Waals surface area contributed by atoms with E-state index in [1.54, 1.807) is 0 Å². The molecule has 0 saturated carbocycles. The number of carbonyl (C=O) groups is 2. The Balaban J connectivity index is 2.84. The van der Waals surface area contributed by atoms with Crippen molar-refractivity contribution in [3.05, 3.63) is 33.8 Å². The van der Waals surface area contributed by atoms with E-state index in [1.807, 2.05) is 0 Å². The molecule has 5 heteroatoms. The molecule has 4 nitrogen and oxygen atoms in total. The van der Waals surface area contributed by atoms with Crippen LogP contribution in [0.25, 0.3) is 5.76 Å². The first-order valence-electron chi connectivity index (χ1n) is 4.04. The van der Waals surface area contributed by atoms with Crippen LogP contribution in [0.3, 0.4) is 0 Å². The first kappa shape index (κ1) is 9.92. The van der Waals surface area contributed by atoms with Gasteiger partial charge >= 0.3 is 0 Å². The summed E-state index contributed by atoms with van der Waals surface area (Å²) in [5, 5.41) is 19.1. The summed E-state index contributed by atoms with van der Waals surface area (Å²) in [6, 6.07) is 4.15. The third kappa shape index (κ3) is 1.27. The van der Waals surface area contributed by atoms with Gasteiger partial charge in [-0.1, -0.05) is 6.07 Å². The van der Waals surface area contributed by atoms with Gasteiger partial charge in [-0.3, -0.25) is 9.59 Å². The van der Waals surface area contributed by atoms with E-state index in [0.717, 1.165) is 0 Å². The number of allylic oxidation sites excluding steroid dienone is 1. The lowest BCUT2D eigenvalue weighted by molar-refractivity contribution is -0.111. The molecule has 0 spiro atoms. The molecule has 2 rings (SSSR count). The SMILES string of the molecule is O=C1C(=O)c2cccc(O)c2C(O)=C1Br. The van der Waals surface area contributed by atoms with Crippen LogP contribution in [-0.4, -0.2) is 21.8 Å². The summed E-state index contributed by atoms with van der Waals surface area (Å²) < 4.78 is -0.221. The fraction of sp³-hybridized carbons (Fsp3) is 0. The van der Waals surface area contributed by atoms with E-state index in [2.05, 4.69) is 15.9 Å². The molecule has 1 aromatic carbocycles. The standard InChI is InChI=1S/C10H5BrO4/c11-7-9(14)6-4(8(13)10(7)15)2-1-3-5(6)12/h1-3,12,14H. The Labute approximate surface area is 93.0 Å². The minimum absolute atomic E-state index is 0.00558. The van der Waals surface area contributed by atoms with Gasteiger partial charge < -0.3 is 10.2 Å². The van der Waals surface area contributed by atoms with Gasteiger partial charge in [0.05, 0.1) is 5.56 Å². The molecule has 1 aliphatic carbocycles. The molecule has 0 bridgehead atoms. The second-order valence-corrected chi connectivity index (χ2v) is 3.81. The van der Waals surface area contributed by atoms with Crippen LogP contribution >= 0.6 is 15.9 Å². The van der Waals surface area contributed by atoms with Gasteiger partial charge in [-0.05, 0) is 28.1 Å². The third-order valence-corrected chi connectivity index (χ3v) is 2.87. The fourth-order valence-electron chi connectivity index (χ4n) is 1.42. The normalized spacial score (nSPS) is 15.5. The van der Waals surface area contributed by atoms with E-state index in [4.69, 9.17) is 0 Å². The van der Waals surface area contributed by atoms with Crippen molar-refractivity contribution in [2.24, 2.45) is 0 Å². The zero-order valence-corrected chi connectivity index (χ0v) is 8.91. The van der Waals surface area contributed by atoms with Crippen LogP contribution < -0.4 is 0 Å². The Bertz CT molecular complexity index is 516. The Hall–Kier alpha value is -1.62. The zero-order chi connectivity index (χ0) is 11.2. The number of benzene rings is 1.